The van der Waals surface area contributed by atoms with E-state index in [2.05, 4.69) is 48.4 Å². The average Bonchev–Trinajstić information content (AvgIpc) is 2.08. The van der Waals surface area contributed by atoms with Crippen molar-refractivity contribution in [3.8, 4) is 0 Å². The Hall–Kier alpha value is 0.850. The van der Waals surface area contributed by atoms with E-state index in [1.54, 1.807) is 0 Å². The Balaban J connectivity index is 0.00000144. The predicted molar refractivity (Wildman–Crippen MR) is 59.3 cm³/mol. The molecular weight excluding hydrogens is 389 g/mol. The third kappa shape index (κ3) is 2.45. The van der Waals surface area contributed by atoms with Crippen LogP contribution in [0.3, 0.4) is 0 Å². The van der Waals surface area contributed by atoms with Crippen LogP contribution in [0, 0.1) is 0 Å². The van der Waals surface area contributed by atoms with Crippen LogP contribution in [-0.4, -0.2) is 40.3 Å². The second-order valence-electron chi connectivity index (χ2n) is 1.69. The zero-order chi connectivity index (χ0) is 9.46. The first-order chi connectivity index (χ1) is 5.46. The van der Waals surface area contributed by atoms with Gasteiger partial charge in [-0.1, -0.05) is 0 Å². The summed E-state index contributed by atoms with van der Waals surface area (Å²) in [6, 6.07) is 0. The van der Waals surface area contributed by atoms with E-state index >= 15 is 0 Å². The molecule has 0 saturated carbocycles. The van der Waals surface area contributed by atoms with Crippen LogP contribution < -0.4 is 17.1 Å². The van der Waals surface area contributed by atoms with Crippen LogP contribution in [0.1, 0.15) is 0 Å². The second-order valence-corrected chi connectivity index (χ2v) is 3.82. The molecule has 0 atom stereocenters. The predicted octanol–water partition coefficient (Wildman–Crippen LogP) is -1.00. The molecule has 0 N–H and O–H groups in total. The summed E-state index contributed by atoms with van der Waals surface area (Å²) in [5, 5.41) is 0. The van der Waals surface area contributed by atoms with Gasteiger partial charge in [0.1, 0.15) is 0 Å². The van der Waals surface area contributed by atoms with Gasteiger partial charge in [-0.15, -0.1) is 0 Å². The monoisotopic (exact) mass is 387 g/mol. The van der Waals surface area contributed by atoms with Gasteiger partial charge in [-0.25, -0.2) is 14.4 Å². The molecule has 0 fully saturated rings. The van der Waals surface area contributed by atoms with Crippen molar-refractivity contribution in [2.24, 2.45) is 0 Å². The first-order valence-electron chi connectivity index (χ1n) is 2.46. The van der Waals surface area contributed by atoms with E-state index < -0.39 is 17.1 Å². The Labute approximate surface area is 119 Å². The second kappa shape index (κ2) is 5.08. The van der Waals surface area contributed by atoms with Gasteiger partial charge in [0, 0.05) is 0 Å². The van der Waals surface area contributed by atoms with Gasteiger partial charge in [0.25, 0.3) is 0 Å². The van der Waals surface area contributed by atoms with Crippen molar-refractivity contribution in [3.63, 3.8) is 0 Å². The van der Waals surface area contributed by atoms with E-state index in [0.29, 0.717) is 10.8 Å². The zero-order valence-electron chi connectivity index (χ0n) is 5.20. The van der Waals surface area contributed by atoms with Gasteiger partial charge >= 0.3 is 46.6 Å². The third-order valence-electron chi connectivity index (χ3n) is 1.01. The van der Waals surface area contributed by atoms with Crippen LogP contribution in [0.5, 0.6) is 0 Å². The molecule has 0 bridgehead atoms. The van der Waals surface area contributed by atoms with Crippen LogP contribution in [-0.2, 0) is 0 Å². The van der Waals surface area contributed by atoms with Gasteiger partial charge in [0.2, 0.25) is 0 Å². The molecule has 0 spiro atoms. The Morgan fingerprint density at radius 2 is 0.846 bits per heavy atom. The van der Waals surface area contributed by atoms with Crippen molar-refractivity contribution < 1.29 is 0 Å². The van der Waals surface area contributed by atoms with Crippen molar-refractivity contribution in [1.82, 2.24) is 10.8 Å². The molecule has 0 radical (unpaired) electrons. The minimum absolute atomic E-state index is 0. The van der Waals surface area contributed by atoms with Crippen molar-refractivity contribution in [2.45, 2.75) is 0 Å². The molecule has 6 nitrogen and oxygen atoms in total. The van der Waals surface area contributed by atoms with Crippen molar-refractivity contribution in [1.29, 1.82) is 0 Å². The fourth-order valence-corrected chi connectivity index (χ4v) is 2.07. The quantitative estimate of drug-likeness (QED) is 0.535. The van der Waals surface area contributed by atoms with Crippen LogP contribution in [0.15, 0.2) is 14.4 Å². The van der Waals surface area contributed by atoms with E-state index in [9.17, 15) is 14.4 Å². The SMILES string of the molecule is O=c1n(Br)c(=O)n(Br)c(=O)n1Br.[NaH]. The Bertz CT molecular complexity index is 386. The van der Waals surface area contributed by atoms with Gasteiger partial charge in [0.15, 0.2) is 0 Å². The van der Waals surface area contributed by atoms with Crippen LogP contribution in [0.4, 0.5) is 0 Å². The fourth-order valence-electron chi connectivity index (χ4n) is 0.477. The molecule has 1 aromatic heterocycles. The van der Waals surface area contributed by atoms with Gasteiger partial charge in [-0.2, -0.15) is 10.8 Å². The molecule has 0 amide bonds. The molecule has 0 aromatic carbocycles. The van der Waals surface area contributed by atoms with E-state index in [4.69, 9.17) is 0 Å². The molecule has 0 aliphatic rings. The summed E-state index contributed by atoms with van der Waals surface area (Å²) in [6.07, 6.45) is 0. The van der Waals surface area contributed by atoms with E-state index in [1.165, 1.54) is 0 Å². The molecule has 1 rings (SSSR count). The molecule has 0 aliphatic heterocycles. The Morgan fingerprint density at radius 3 is 1.00 bits per heavy atom. The Kier molecular flexibility index (Phi) is 5.41. The Morgan fingerprint density at radius 1 is 0.692 bits per heavy atom. The van der Waals surface area contributed by atoms with Crippen molar-refractivity contribution in [2.75, 3.05) is 0 Å². The summed E-state index contributed by atoms with van der Waals surface area (Å²) in [5.41, 5.74) is -2.41. The average molecular weight is 390 g/mol. The number of hydrogen-bond acceptors (Lipinski definition) is 3. The normalized spacial score (nSPS) is 9.46. The maximum atomic E-state index is 11.0. The number of nitrogens with zero attached hydrogens (tertiary/aromatic N) is 3. The van der Waals surface area contributed by atoms with Gasteiger partial charge in [-0.05, 0) is 0 Å². The number of halogens is 3. The van der Waals surface area contributed by atoms with E-state index in [1.807, 2.05) is 0 Å². The molecule has 0 unspecified atom stereocenters. The summed E-state index contributed by atoms with van der Waals surface area (Å²) in [5.74, 6) is 0. The van der Waals surface area contributed by atoms with Crippen LogP contribution >= 0.6 is 48.4 Å². The molecule has 1 aromatic rings. The third-order valence-corrected chi connectivity index (χ3v) is 2.83. The molecular formula is C3HBr3N3NaO3. The summed E-state index contributed by atoms with van der Waals surface area (Å²) < 4.78 is 1.79. The van der Waals surface area contributed by atoms with Crippen LogP contribution in [0.2, 0.25) is 0 Å². The molecule has 68 valence electrons. The molecule has 0 aliphatic carbocycles. The fraction of sp³-hybridized carbons (Fsp3) is 0. The van der Waals surface area contributed by atoms with Crippen molar-refractivity contribution >= 4 is 78.0 Å². The van der Waals surface area contributed by atoms with Crippen LogP contribution in [0.25, 0.3) is 0 Å². The van der Waals surface area contributed by atoms with E-state index in [0.717, 1.165) is 0 Å². The van der Waals surface area contributed by atoms with Gasteiger partial charge < -0.3 is 0 Å². The maximum absolute atomic E-state index is 11.0. The number of rotatable bonds is 0. The van der Waals surface area contributed by atoms with Gasteiger partial charge in [0.05, 0.1) is 48.4 Å². The molecule has 10 heteroatoms. The molecule has 13 heavy (non-hydrogen) atoms. The topological polar surface area (TPSA) is 66.0 Å². The molecule has 1 heterocycles. The summed E-state index contributed by atoms with van der Waals surface area (Å²) in [6.45, 7) is 0. The molecule has 0 saturated heterocycles. The zero-order valence-corrected chi connectivity index (χ0v) is 9.96. The standard InChI is InChI=1S/C3Br3N3O3.Na.H/c4-7-1(10)8(5)3(12)9(6)2(7)11;;. The minimum atomic E-state index is -0.805. The summed E-state index contributed by atoms with van der Waals surface area (Å²) in [4.78, 5) is 32.9. The summed E-state index contributed by atoms with van der Waals surface area (Å²) in [7, 11) is 0. The summed E-state index contributed by atoms with van der Waals surface area (Å²) >= 11 is 8.00. The first kappa shape index (κ1) is 13.8. The van der Waals surface area contributed by atoms with Crippen molar-refractivity contribution in [3.05, 3.63) is 31.5 Å². The number of hydrogen-bond donors (Lipinski definition) is 0. The van der Waals surface area contributed by atoms with E-state index in [-0.39, 0.29) is 29.6 Å². The van der Waals surface area contributed by atoms with Gasteiger partial charge in [-0.3, -0.25) is 0 Å². The number of aromatic nitrogens is 3. The first-order valence-corrected chi connectivity index (χ1v) is 4.59.